The van der Waals surface area contributed by atoms with Gasteiger partial charge in [-0.2, -0.15) is 5.10 Å². The Bertz CT molecular complexity index is 514. The van der Waals surface area contributed by atoms with Crippen molar-refractivity contribution in [3.05, 3.63) is 28.2 Å². The van der Waals surface area contributed by atoms with Crippen LogP contribution < -0.4 is 10.9 Å². The lowest BCUT2D eigenvalue weighted by atomic mass is 10.1. The van der Waals surface area contributed by atoms with Crippen molar-refractivity contribution in [2.45, 2.75) is 58.5 Å². The summed E-state index contributed by atoms with van der Waals surface area (Å²) in [7, 11) is 1.56. The monoisotopic (exact) mass is 309 g/mol. The van der Waals surface area contributed by atoms with E-state index in [-0.39, 0.29) is 23.2 Å². The van der Waals surface area contributed by atoms with Crippen molar-refractivity contribution in [3.8, 4) is 0 Å². The lowest BCUT2D eigenvalue weighted by Crippen LogP contribution is -2.35. The van der Waals surface area contributed by atoms with Gasteiger partial charge in [-0.25, -0.2) is 4.68 Å². The molecule has 6 heteroatoms. The van der Waals surface area contributed by atoms with Crippen LogP contribution in [-0.4, -0.2) is 35.4 Å². The molecule has 0 aliphatic rings. The Morgan fingerprint density at radius 1 is 1.36 bits per heavy atom. The highest BCUT2D eigenvalue weighted by Gasteiger charge is 2.12. The predicted octanol–water partition coefficient (Wildman–Crippen LogP) is 1.98. The summed E-state index contributed by atoms with van der Waals surface area (Å²) >= 11 is 0. The van der Waals surface area contributed by atoms with Gasteiger partial charge in [-0.05, 0) is 19.4 Å². The quantitative estimate of drug-likeness (QED) is 0.671. The summed E-state index contributed by atoms with van der Waals surface area (Å²) in [6, 6.07) is 2.93. The van der Waals surface area contributed by atoms with E-state index in [0.717, 1.165) is 12.8 Å². The first-order valence-electron chi connectivity index (χ1n) is 7.96. The van der Waals surface area contributed by atoms with Crippen molar-refractivity contribution in [2.75, 3.05) is 13.7 Å². The van der Waals surface area contributed by atoms with Gasteiger partial charge in [-0.15, -0.1) is 0 Å². The van der Waals surface area contributed by atoms with Crippen LogP contribution in [0.5, 0.6) is 0 Å². The van der Waals surface area contributed by atoms with E-state index in [1.807, 2.05) is 6.92 Å². The largest absolute Gasteiger partial charge is 0.383 e. The lowest BCUT2D eigenvalue weighted by Gasteiger charge is -2.14. The second kappa shape index (κ2) is 10.1. The number of rotatable bonds is 10. The maximum Gasteiger partial charge on any atom is 0.271 e. The normalized spacial score (nSPS) is 12.1. The molecule has 6 nitrogen and oxygen atoms in total. The maximum absolute atomic E-state index is 12.2. The van der Waals surface area contributed by atoms with Gasteiger partial charge in [0.2, 0.25) is 0 Å². The topological polar surface area (TPSA) is 73.2 Å². The number of amides is 1. The summed E-state index contributed by atoms with van der Waals surface area (Å²) in [6.07, 6.45) is 5.68. The predicted molar refractivity (Wildman–Crippen MR) is 86.1 cm³/mol. The van der Waals surface area contributed by atoms with Gasteiger partial charge in [0.05, 0.1) is 13.2 Å². The summed E-state index contributed by atoms with van der Waals surface area (Å²) in [4.78, 5) is 23.8. The van der Waals surface area contributed by atoms with Crippen molar-refractivity contribution in [3.63, 3.8) is 0 Å². The van der Waals surface area contributed by atoms with Crippen molar-refractivity contribution < 1.29 is 9.53 Å². The van der Waals surface area contributed by atoms with Gasteiger partial charge in [0.25, 0.3) is 11.5 Å². The number of hydrogen-bond acceptors (Lipinski definition) is 4. The average molecular weight is 309 g/mol. The van der Waals surface area contributed by atoms with E-state index in [0.29, 0.717) is 13.2 Å². The Labute approximate surface area is 131 Å². The number of aromatic nitrogens is 2. The first kappa shape index (κ1) is 18.4. The summed E-state index contributed by atoms with van der Waals surface area (Å²) in [5, 5.41) is 7.01. The van der Waals surface area contributed by atoms with E-state index >= 15 is 0 Å². The molecule has 1 aromatic heterocycles. The number of nitrogens with one attached hydrogen (secondary N) is 1. The highest BCUT2D eigenvalue weighted by Crippen LogP contribution is 2.05. The molecule has 1 amide bonds. The molecule has 0 radical (unpaired) electrons. The molecule has 0 spiro atoms. The van der Waals surface area contributed by atoms with Gasteiger partial charge in [0, 0.05) is 19.2 Å². The van der Waals surface area contributed by atoms with Gasteiger partial charge < -0.3 is 10.1 Å². The third-order valence-electron chi connectivity index (χ3n) is 3.47. The molecule has 1 heterocycles. The van der Waals surface area contributed by atoms with Crippen LogP contribution in [0.4, 0.5) is 0 Å². The highest BCUT2D eigenvalue weighted by molar-refractivity contribution is 5.92. The summed E-state index contributed by atoms with van der Waals surface area (Å²) in [5.41, 5.74) is 0.0253. The van der Waals surface area contributed by atoms with Crippen LogP contribution >= 0.6 is 0 Å². The van der Waals surface area contributed by atoms with Crippen molar-refractivity contribution in [2.24, 2.45) is 0 Å². The minimum absolute atomic E-state index is 0.102. The molecule has 1 atom stereocenters. The standard InChI is InChI=1S/C16H27N3O3/c1-4-5-6-7-8-13(2)17-16(21)14-9-10-15(20)19(18-14)11-12-22-3/h9-10,13H,4-8,11-12H2,1-3H3,(H,17,21). The van der Waals surface area contributed by atoms with Crippen LogP contribution in [0, 0.1) is 0 Å². The van der Waals surface area contributed by atoms with Gasteiger partial charge in [-0.1, -0.05) is 32.6 Å². The van der Waals surface area contributed by atoms with E-state index < -0.39 is 0 Å². The van der Waals surface area contributed by atoms with E-state index in [2.05, 4.69) is 17.3 Å². The Kier molecular flexibility index (Phi) is 8.43. The molecule has 0 aromatic carbocycles. The zero-order valence-corrected chi connectivity index (χ0v) is 13.8. The van der Waals surface area contributed by atoms with E-state index in [9.17, 15) is 9.59 Å². The molecule has 1 rings (SSSR count). The van der Waals surface area contributed by atoms with Gasteiger partial charge >= 0.3 is 0 Å². The van der Waals surface area contributed by atoms with Crippen molar-refractivity contribution in [1.29, 1.82) is 0 Å². The highest BCUT2D eigenvalue weighted by atomic mass is 16.5. The Morgan fingerprint density at radius 3 is 2.82 bits per heavy atom. The number of carbonyl (C=O) groups excluding carboxylic acids is 1. The zero-order valence-electron chi connectivity index (χ0n) is 13.8. The Hall–Kier alpha value is -1.69. The first-order chi connectivity index (χ1) is 10.6. The van der Waals surface area contributed by atoms with Gasteiger partial charge in [-0.3, -0.25) is 9.59 Å². The number of ether oxygens (including phenoxy) is 1. The first-order valence-corrected chi connectivity index (χ1v) is 7.96. The molecular formula is C16H27N3O3. The molecule has 0 fully saturated rings. The third-order valence-corrected chi connectivity index (χ3v) is 3.47. The van der Waals surface area contributed by atoms with Crippen molar-refractivity contribution >= 4 is 5.91 Å². The molecule has 1 aromatic rings. The summed E-state index contributed by atoms with van der Waals surface area (Å²) in [6.45, 7) is 4.88. The minimum atomic E-state index is -0.242. The van der Waals surface area contributed by atoms with E-state index in [1.54, 1.807) is 7.11 Å². The number of carbonyl (C=O) groups is 1. The number of unbranched alkanes of at least 4 members (excludes halogenated alkanes) is 3. The Balaban J connectivity index is 2.55. The van der Waals surface area contributed by atoms with Crippen LogP contribution in [0.25, 0.3) is 0 Å². The summed E-state index contributed by atoms with van der Waals surface area (Å²) < 4.78 is 6.18. The fourth-order valence-corrected chi connectivity index (χ4v) is 2.16. The van der Waals surface area contributed by atoms with Gasteiger partial charge in [0.15, 0.2) is 0 Å². The molecule has 1 N–H and O–H groups in total. The smallest absolute Gasteiger partial charge is 0.271 e. The SMILES string of the molecule is CCCCCCC(C)NC(=O)c1ccc(=O)n(CCOC)n1. The second-order valence-corrected chi connectivity index (χ2v) is 5.50. The van der Waals surface area contributed by atoms with Crippen LogP contribution in [-0.2, 0) is 11.3 Å². The zero-order chi connectivity index (χ0) is 16.4. The minimum Gasteiger partial charge on any atom is -0.383 e. The summed E-state index contributed by atoms with van der Waals surface area (Å²) in [5.74, 6) is -0.242. The molecule has 1 unspecified atom stereocenters. The molecule has 0 saturated carbocycles. The third kappa shape index (κ3) is 6.39. The van der Waals surface area contributed by atoms with Crippen molar-refractivity contribution in [1.82, 2.24) is 15.1 Å². The molecule has 0 bridgehead atoms. The molecule has 124 valence electrons. The molecule has 0 aliphatic heterocycles. The van der Waals surface area contributed by atoms with Crippen LogP contribution in [0.2, 0.25) is 0 Å². The average Bonchev–Trinajstić information content (AvgIpc) is 2.50. The number of hydrogen-bond donors (Lipinski definition) is 1. The fourth-order valence-electron chi connectivity index (χ4n) is 2.16. The molecule has 0 saturated heterocycles. The Morgan fingerprint density at radius 2 is 2.14 bits per heavy atom. The maximum atomic E-state index is 12.2. The van der Waals surface area contributed by atoms with Crippen LogP contribution in [0.3, 0.4) is 0 Å². The number of methoxy groups -OCH3 is 1. The van der Waals surface area contributed by atoms with Gasteiger partial charge in [0.1, 0.15) is 5.69 Å². The number of nitrogens with zero attached hydrogens (tertiary/aromatic N) is 2. The van der Waals surface area contributed by atoms with E-state index in [1.165, 1.54) is 36.1 Å². The molecular weight excluding hydrogens is 282 g/mol. The van der Waals surface area contributed by atoms with Crippen LogP contribution in [0.1, 0.15) is 56.4 Å². The second-order valence-electron chi connectivity index (χ2n) is 5.50. The van der Waals surface area contributed by atoms with Crippen LogP contribution in [0.15, 0.2) is 16.9 Å². The van der Waals surface area contributed by atoms with E-state index in [4.69, 9.17) is 4.74 Å². The molecule has 0 aliphatic carbocycles. The fraction of sp³-hybridized carbons (Fsp3) is 0.688. The lowest BCUT2D eigenvalue weighted by molar-refractivity contribution is 0.0929. The molecule has 22 heavy (non-hydrogen) atoms.